The second kappa shape index (κ2) is 9.98. The van der Waals surface area contributed by atoms with Gasteiger partial charge in [-0.2, -0.15) is 9.78 Å². The van der Waals surface area contributed by atoms with Crippen LogP contribution in [-0.4, -0.2) is 42.2 Å². The summed E-state index contributed by atoms with van der Waals surface area (Å²) in [5.41, 5.74) is 1.51. The molecule has 0 saturated carbocycles. The van der Waals surface area contributed by atoms with Gasteiger partial charge in [-0.15, -0.1) is 0 Å². The highest BCUT2D eigenvalue weighted by Crippen LogP contribution is 2.29. The Morgan fingerprint density at radius 2 is 1.81 bits per heavy atom. The molecule has 0 unspecified atom stereocenters. The smallest absolute Gasteiger partial charge is 0.346 e. The third-order valence-corrected chi connectivity index (χ3v) is 5.75. The molecule has 186 valence electrons. The summed E-state index contributed by atoms with van der Waals surface area (Å²) in [5.74, 6) is 0.939. The van der Waals surface area contributed by atoms with Crippen molar-refractivity contribution < 1.29 is 23.4 Å². The maximum absolute atomic E-state index is 13.4. The second-order valence-corrected chi connectivity index (χ2v) is 8.16. The van der Waals surface area contributed by atoms with Crippen molar-refractivity contribution in [1.29, 1.82) is 0 Å². The normalized spacial score (nSPS) is 12.2. The number of rotatable bonds is 7. The van der Waals surface area contributed by atoms with Crippen LogP contribution in [0.25, 0.3) is 33.5 Å². The number of esters is 1. The third-order valence-electron chi connectivity index (χ3n) is 5.75. The minimum atomic E-state index is -0.813. The summed E-state index contributed by atoms with van der Waals surface area (Å²) in [6.45, 7) is 1.58. The van der Waals surface area contributed by atoms with Gasteiger partial charge in [0, 0.05) is 5.39 Å². The quantitative estimate of drug-likeness (QED) is 0.238. The lowest BCUT2D eigenvalue weighted by Crippen LogP contribution is -2.25. The average molecular weight is 498 g/mol. The van der Waals surface area contributed by atoms with Crippen molar-refractivity contribution in [2.24, 2.45) is 5.10 Å². The number of hydrogen-bond acceptors (Lipinski definition) is 8. The zero-order valence-electron chi connectivity index (χ0n) is 20.4. The van der Waals surface area contributed by atoms with Crippen molar-refractivity contribution in [1.82, 2.24) is 9.66 Å². The van der Waals surface area contributed by atoms with E-state index >= 15 is 0 Å². The van der Waals surface area contributed by atoms with Gasteiger partial charge in [-0.3, -0.25) is 4.79 Å². The monoisotopic (exact) mass is 497 g/mol. The molecule has 0 radical (unpaired) electrons. The summed E-state index contributed by atoms with van der Waals surface area (Å²) in [7, 11) is 2.78. The number of nitrogens with zero attached hydrogens (tertiary/aromatic N) is 3. The number of methoxy groups -OCH3 is 2. The van der Waals surface area contributed by atoms with E-state index in [2.05, 4.69) is 10.1 Å². The van der Waals surface area contributed by atoms with Gasteiger partial charge in [0.15, 0.2) is 23.4 Å². The fourth-order valence-electron chi connectivity index (χ4n) is 3.87. The Kier molecular flexibility index (Phi) is 6.42. The lowest BCUT2D eigenvalue weighted by Gasteiger charge is -2.15. The maximum atomic E-state index is 13.4. The molecule has 9 nitrogen and oxygen atoms in total. The van der Waals surface area contributed by atoms with E-state index < -0.39 is 12.1 Å². The minimum absolute atomic E-state index is 0.273. The van der Waals surface area contributed by atoms with Crippen molar-refractivity contribution in [3.05, 3.63) is 88.7 Å². The Hall–Kier alpha value is -4.92. The van der Waals surface area contributed by atoms with Crippen molar-refractivity contribution in [2.75, 3.05) is 14.2 Å². The number of ether oxygens (including phenoxy) is 3. The molecule has 3 aromatic carbocycles. The summed E-state index contributed by atoms with van der Waals surface area (Å²) in [6, 6.07) is 21.5. The van der Waals surface area contributed by atoms with E-state index in [0.717, 1.165) is 5.39 Å². The standard InChI is InChI=1S/C28H23N3O6/c1-17(28(33)35-3)36-23-13-12-18(14-24(23)34-2)16-29-31-26(25-15-19-8-4-7-11-22(19)37-25)30-21-10-6-5-9-20(21)27(31)32/h4-17H,1-3H3/t17-/m1/s1. The van der Waals surface area contributed by atoms with E-state index in [1.54, 1.807) is 43.3 Å². The molecule has 9 heteroatoms. The first-order valence-corrected chi connectivity index (χ1v) is 11.5. The first-order chi connectivity index (χ1) is 18.0. The van der Waals surface area contributed by atoms with Gasteiger partial charge in [0.1, 0.15) is 5.58 Å². The van der Waals surface area contributed by atoms with Gasteiger partial charge >= 0.3 is 5.97 Å². The van der Waals surface area contributed by atoms with Crippen LogP contribution in [0.1, 0.15) is 12.5 Å². The molecule has 37 heavy (non-hydrogen) atoms. The van der Waals surface area contributed by atoms with Crippen molar-refractivity contribution in [3.8, 4) is 23.1 Å². The fraction of sp³-hybridized carbons (Fsp3) is 0.143. The SMILES string of the molecule is COC(=O)[C@@H](C)Oc1ccc(C=Nn2c(-c3cc4ccccc4o3)nc3ccccc3c2=O)cc1OC. The Balaban J connectivity index is 1.57. The molecule has 1 atom stereocenters. The summed E-state index contributed by atoms with van der Waals surface area (Å²) < 4.78 is 23.0. The van der Waals surface area contributed by atoms with Gasteiger partial charge in [0.05, 0.1) is 31.3 Å². The number of hydrogen-bond donors (Lipinski definition) is 0. The molecule has 5 aromatic rings. The molecule has 0 aliphatic carbocycles. The van der Waals surface area contributed by atoms with Crippen LogP contribution >= 0.6 is 0 Å². The molecule has 0 spiro atoms. The Bertz CT molecular complexity index is 1670. The number of carbonyl (C=O) groups is 1. The van der Waals surface area contributed by atoms with Gasteiger partial charge in [0.25, 0.3) is 5.56 Å². The minimum Gasteiger partial charge on any atom is -0.493 e. The van der Waals surface area contributed by atoms with Crippen molar-refractivity contribution in [2.45, 2.75) is 13.0 Å². The number of benzene rings is 3. The first-order valence-electron chi connectivity index (χ1n) is 11.5. The summed E-state index contributed by atoms with van der Waals surface area (Å²) in [6.07, 6.45) is 0.701. The van der Waals surface area contributed by atoms with Crippen LogP contribution in [0.5, 0.6) is 11.5 Å². The molecule has 0 aliphatic rings. The van der Waals surface area contributed by atoms with Crippen LogP contribution < -0.4 is 15.0 Å². The number of fused-ring (bicyclic) bond motifs is 2. The second-order valence-electron chi connectivity index (χ2n) is 8.16. The van der Waals surface area contributed by atoms with E-state index in [0.29, 0.717) is 39.3 Å². The molecule has 2 aromatic heterocycles. The van der Waals surface area contributed by atoms with Crippen LogP contribution in [0.2, 0.25) is 0 Å². The summed E-state index contributed by atoms with van der Waals surface area (Å²) in [4.78, 5) is 29.8. The van der Waals surface area contributed by atoms with Crippen LogP contribution in [0.4, 0.5) is 0 Å². The van der Waals surface area contributed by atoms with Gasteiger partial charge < -0.3 is 18.6 Å². The number of para-hydroxylation sites is 2. The molecule has 0 fully saturated rings. The number of aromatic nitrogens is 2. The van der Waals surface area contributed by atoms with Gasteiger partial charge in [-0.1, -0.05) is 30.3 Å². The van der Waals surface area contributed by atoms with Gasteiger partial charge in [-0.25, -0.2) is 9.78 Å². The lowest BCUT2D eigenvalue weighted by molar-refractivity contribution is -0.147. The first kappa shape index (κ1) is 23.8. The van der Waals surface area contributed by atoms with Crippen molar-refractivity contribution in [3.63, 3.8) is 0 Å². The summed E-state index contributed by atoms with van der Waals surface area (Å²) >= 11 is 0. The highest BCUT2D eigenvalue weighted by molar-refractivity contribution is 5.85. The molecule has 0 bridgehead atoms. The molecule has 0 N–H and O–H groups in total. The highest BCUT2D eigenvalue weighted by atomic mass is 16.6. The Labute approximate surface area is 211 Å². The fourth-order valence-corrected chi connectivity index (χ4v) is 3.87. The largest absolute Gasteiger partial charge is 0.493 e. The lowest BCUT2D eigenvalue weighted by atomic mass is 10.2. The molecule has 0 aliphatic heterocycles. The molecule has 2 heterocycles. The number of furan rings is 1. The van der Waals surface area contributed by atoms with Crippen molar-refractivity contribution >= 4 is 34.1 Å². The van der Waals surface area contributed by atoms with E-state index in [-0.39, 0.29) is 11.4 Å². The molecule has 0 saturated heterocycles. The molecular formula is C28H23N3O6. The van der Waals surface area contributed by atoms with Gasteiger partial charge in [-0.05, 0) is 55.0 Å². The van der Waals surface area contributed by atoms with E-state index in [1.807, 2.05) is 36.4 Å². The van der Waals surface area contributed by atoms with E-state index in [1.165, 1.54) is 25.1 Å². The van der Waals surface area contributed by atoms with Gasteiger partial charge in [0.2, 0.25) is 5.82 Å². The summed E-state index contributed by atoms with van der Waals surface area (Å²) in [5, 5.41) is 5.78. The number of carbonyl (C=O) groups excluding carboxylic acids is 1. The van der Waals surface area contributed by atoms with Crippen LogP contribution in [0.3, 0.4) is 0 Å². The predicted octanol–water partition coefficient (Wildman–Crippen LogP) is 4.64. The average Bonchev–Trinajstić information content (AvgIpc) is 3.36. The Morgan fingerprint density at radius 3 is 2.59 bits per heavy atom. The van der Waals surface area contributed by atoms with E-state index in [9.17, 15) is 9.59 Å². The predicted molar refractivity (Wildman–Crippen MR) is 139 cm³/mol. The van der Waals surface area contributed by atoms with Crippen LogP contribution in [0, 0.1) is 0 Å². The van der Waals surface area contributed by atoms with E-state index in [4.69, 9.17) is 18.6 Å². The Morgan fingerprint density at radius 1 is 1.03 bits per heavy atom. The highest BCUT2D eigenvalue weighted by Gasteiger charge is 2.18. The molecular weight excluding hydrogens is 474 g/mol. The van der Waals surface area contributed by atoms with Crippen LogP contribution in [-0.2, 0) is 9.53 Å². The van der Waals surface area contributed by atoms with Crippen LogP contribution in [0.15, 0.2) is 87.1 Å². The molecule has 5 rings (SSSR count). The maximum Gasteiger partial charge on any atom is 0.346 e. The third kappa shape index (κ3) is 4.66. The topological polar surface area (TPSA) is 105 Å². The molecule has 0 amide bonds. The zero-order valence-corrected chi connectivity index (χ0v) is 20.4. The zero-order chi connectivity index (χ0) is 25.9.